The number of methoxy groups -OCH3 is 1. The Hall–Kier alpha value is -1.29. The number of ether oxygens (including phenoxy) is 1. The first kappa shape index (κ1) is 13.8. The second-order valence-corrected chi connectivity index (χ2v) is 4.99. The average Bonchev–Trinajstić information content (AvgIpc) is 2.36. The van der Waals surface area contributed by atoms with Gasteiger partial charge in [0.25, 0.3) is 0 Å². The maximum absolute atomic E-state index is 11.6. The molecule has 4 heteroatoms. The number of thioether (sulfide) groups is 1. The molecule has 0 spiro atoms. The van der Waals surface area contributed by atoms with Crippen LogP contribution in [0.1, 0.15) is 18.9 Å². The van der Waals surface area contributed by atoms with Crippen molar-refractivity contribution < 1.29 is 14.3 Å². The molecule has 0 fully saturated rings. The van der Waals surface area contributed by atoms with Gasteiger partial charge in [0.1, 0.15) is 6.42 Å². The van der Waals surface area contributed by atoms with Gasteiger partial charge in [-0.1, -0.05) is 30.3 Å². The summed E-state index contributed by atoms with van der Waals surface area (Å²) in [5, 5.41) is -0.186. The van der Waals surface area contributed by atoms with Crippen molar-refractivity contribution in [2.75, 3.05) is 7.11 Å². The van der Waals surface area contributed by atoms with Crippen LogP contribution in [0.2, 0.25) is 0 Å². The Morgan fingerprint density at radius 3 is 2.53 bits per heavy atom. The SMILES string of the molecule is COC(=O)CC(=O)C(C)SCc1ccccc1. The fourth-order valence-electron chi connectivity index (χ4n) is 1.25. The number of esters is 1. The van der Waals surface area contributed by atoms with E-state index in [1.165, 1.54) is 24.4 Å². The van der Waals surface area contributed by atoms with Gasteiger partial charge >= 0.3 is 5.97 Å². The first-order valence-electron chi connectivity index (χ1n) is 5.38. The maximum atomic E-state index is 11.6. The Morgan fingerprint density at radius 1 is 1.29 bits per heavy atom. The molecule has 1 unspecified atom stereocenters. The van der Waals surface area contributed by atoms with Gasteiger partial charge in [0.05, 0.1) is 12.4 Å². The highest BCUT2D eigenvalue weighted by Gasteiger charge is 2.17. The second-order valence-electron chi connectivity index (χ2n) is 3.66. The quantitative estimate of drug-likeness (QED) is 0.576. The molecule has 0 aliphatic carbocycles. The van der Waals surface area contributed by atoms with Gasteiger partial charge in [-0.25, -0.2) is 0 Å². The minimum absolute atomic E-state index is 0.0854. The largest absolute Gasteiger partial charge is 0.469 e. The van der Waals surface area contributed by atoms with E-state index in [9.17, 15) is 9.59 Å². The molecule has 0 aromatic heterocycles. The van der Waals surface area contributed by atoms with E-state index in [1.54, 1.807) is 0 Å². The van der Waals surface area contributed by atoms with Crippen LogP contribution in [-0.2, 0) is 20.1 Å². The van der Waals surface area contributed by atoms with Crippen LogP contribution in [0.5, 0.6) is 0 Å². The van der Waals surface area contributed by atoms with E-state index in [0.29, 0.717) is 0 Å². The van der Waals surface area contributed by atoms with Crippen molar-refractivity contribution in [2.45, 2.75) is 24.3 Å². The molecule has 1 rings (SSSR count). The average molecular weight is 252 g/mol. The van der Waals surface area contributed by atoms with E-state index in [4.69, 9.17) is 0 Å². The molecule has 92 valence electrons. The van der Waals surface area contributed by atoms with Crippen LogP contribution < -0.4 is 0 Å². The zero-order valence-corrected chi connectivity index (χ0v) is 10.8. The summed E-state index contributed by atoms with van der Waals surface area (Å²) in [4.78, 5) is 22.6. The fourth-order valence-corrected chi connectivity index (χ4v) is 2.15. The Labute approximate surface area is 106 Å². The van der Waals surface area contributed by atoms with Crippen LogP contribution in [0.3, 0.4) is 0 Å². The van der Waals surface area contributed by atoms with Crippen molar-refractivity contribution in [2.24, 2.45) is 0 Å². The highest BCUT2D eigenvalue weighted by molar-refractivity contribution is 7.99. The van der Waals surface area contributed by atoms with Crippen LogP contribution in [0.15, 0.2) is 30.3 Å². The zero-order chi connectivity index (χ0) is 12.7. The van der Waals surface area contributed by atoms with Gasteiger partial charge in [-0.3, -0.25) is 9.59 Å². The fraction of sp³-hybridized carbons (Fsp3) is 0.385. The Morgan fingerprint density at radius 2 is 1.94 bits per heavy atom. The van der Waals surface area contributed by atoms with Gasteiger partial charge in [0.15, 0.2) is 5.78 Å². The van der Waals surface area contributed by atoms with Crippen LogP contribution in [0.4, 0.5) is 0 Å². The number of hydrogen-bond donors (Lipinski definition) is 0. The zero-order valence-electron chi connectivity index (χ0n) is 10.0. The summed E-state index contributed by atoms with van der Waals surface area (Å²) in [6.45, 7) is 1.82. The van der Waals surface area contributed by atoms with Crippen LogP contribution in [0, 0.1) is 0 Å². The number of rotatable bonds is 6. The summed E-state index contributed by atoms with van der Waals surface area (Å²) in [5.41, 5.74) is 1.18. The summed E-state index contributed by atoms with van der Waals surface area (Å²) < 4.78 is 4.46. The highest BCUT2D eigenvalue weighted by atomic mass is 32.2. The van der Waals surface area contributed by atoms with Crippen molar-refractivity contribution in [3.8, 4) is 0 Å². The van der Waals surface area contributed by atoms with Gasteiger partial charge in [-0.2, -0.15) is 0 Å². The van der Waals surface area contributed by atoms with Crippen LogP contribution in [0.25, 0.3) is 0 Å². The molecule has 0 saturated carbocycles. The molecule has 0 aliphatic rings. The number of Topliss-reactive ketones (excluding diaryl/α,β-unsaturated/α-hetero) is 1. The first-order chi connectivity index (χ1) is 8.13. The molecule has 1 aromatic carbocycles. The van der Waals surface area contributed by atoms with E-state index in [0.717, 1.165) is 5.75 Å². The van der Waals surface area contributed by atoms with Crippen molar-refractivity contribution in [1.82, 2.24) is 0 Å². The topological polar surface area (TPSA) is 43.4 Å². The second kappa shape index (κ2) is 7.12. The smallest absolute Gasteiger partial charge is 0.313 e. The van der Waals surface area contributed by atoms with Gasteiger partial charge in [-0.15, -0.1) is 11.8 Å². The molecule has 0 radical (unpaired) electrons. The van der Waals surface area contributed by atoms with Gasteiger partial charge in [0.2, 0.25) is 0 Å². The van der Waals surface area contributed by atoms with E-state index in [-0.39, 0.29) is 17.5 Å². The molecule has 17 heavy (non-hydrogen) atoms. The molecule has 0 heterocycles. The molecule has 0 aliphatic heterocycles. The Kier molecular flexibility index (Phi) is 5.77. The number of benzene rings is 1. The highest BCUT2D eigenvalue weighted by Crippen LogP contribution is 2.19. The van der Waals surface area contributed by atoms with Gasteiger partial charge in [0, 0.05) is 5.75 Å². The lowest BCUT2D eigenvalue weighted by Gasteiger charge is -2.09. The van der Waals surface area contributed by atoms with E-state index < -0.39 is 5.97 Å². The Bertz CT molecular complexity index is 376. The van der Waals surface area contributed by atoms with Gasteiger partial charge in [-0.05, 0) is 12.5 Å². The third kappa shape index (κ3) is 5.04. The van der Waals surface area contributed by atoms with E-state index in [2.05, 4.69) is 4.74 Å². The molecule has 0 saturated heterocycles. The summed E-state index contributed by atoms with van der Waals surface area (Å²) in [7, 11) is 1.29. The third-order valence-corrected chi connectivity index (χ3v) is 3.61. The lowest BCUT2D eigenvalue weighted by molar-refractivity contribution is -0.143. The van der Waals surface area contributed by atoms with Crippen molar-refractivity contribution in [3.05, 3.63) is 35.9 Å². The van der Waals surface area contributed by atoms with Crippen LogP contribution in [-0.4, -0.2) is 24.1 Å². The van der Waals surface area contributed by atoms with Gasteiger partial charge < -0.3 is 4.74 Å². The summed E-state index contributed by atoms with van der Waals surface area (Å²) in [5.74, 6) is 0.217. The summed E-state index contributed by atoms with van der Waals surface area (Å²) >= 11 is 1.53. The lowest BCUT2D eigenvalue weighted by Crippen LogP contribution is -2.18. The van der Waals surface area contributed by atoms with Crippen molar-refractivity contribution in [1.29, 1.82) is 0 Å². The molecule has 0 amide bonds. The van der Waals surface area contributed by atoms with Crippen molar-refractivity contribution in [3.63, 3.8) is 0 Å². The molecular formula is C13H16O3S. The Balaban J connectivity index is 2.37. The molecular weight excluding hydrogens is 236 g/mol. The normalized spacial score (nSPS) is 11.9. The standard InChI is InChI=1S/C13H16O3S/c1-10(12(14)8-13(15)16-2)17-9-11-6-4-3-5-7-11/h3-7,10H,8-9H2,1-2H3. The minimum Gasteiger partial charge on any atom is -0.469 e. The molecule has 0 N–H and O–H groups in total. The maximum Gasteiger partial charge on any atom is 0.313 e. The van der Waals surface area contributed by atoms with Crippen molar-refractivity contribution >= 4 is 23.5 Å². The van der Waals surface area contributed by atoms with E-state index in [1.807, 2.05) is 37.3 Å². The number of hydrogen-bond acceptors (Lipinski definition) is 4. The summed E-state index contributed by atoms with van der Waals surface area (Å²) in [6, 6.07) is 9.93. The van der Waals surface area contributed by atoms with E-state index >= 15 is 0 Å². The number of carbonyl (C=O) groups is 2. The molecule has 0 bridgehead atoms. The minimum atomic E-state index is -0.470. The number of carbonyl (C=O) groups excluding carboxylic acids is 2. The van der Waals surface area contributed by atoms with Crippen LogP contribution >= 0.6 is 11.8 Å². The number of ketones is 1. The summed E-state index contributed by atoms with van der Waals surface area (Å²) in [6.07, 6.45) is -0.139. The predicted molar refractivity (Wildman–Crippen MR) is 68.8 cm³/mol. The molecule has 1 aromatic rings. The molecule has 3 nitrogen and oxygen atoms in total. The molecule has 1 atom stereocenters. The monoisotopic (exact) mass is 252 g/mol. The predicted octanol–water partition coefficient (Wildman–Crippen LogP) is 2.44. The first-order valence-corrected chi connectivity index (χ1v) is 6.43. The third-order valence-electron chi connectivity index (χ3n) is 2.34. The lowest BCUT2D eigenvalue weighted by atomic mass is 10.2.